The van der Waals surface area contributed by atoms with Gasteiger partial charge >= 0.3 is 5.97 Å². The molecule has 0 saturated carbocycles. The fourth-order valence-electron chi connectivity index (χ4n) is 0.514. The number of carbonyl (C=O) groups is 1. The van der Waals surface area contributed by atoms with Crippen molar-refractivity contribution in [2.24, 2.45) is 0 Å². The molecule has 0 unspecified atom stereocenters. The van der Waals surface area contributed by atoms with E-state index in [1.807, 2.05) is 6.92 Å². The van der Waals surface area contributed by atoms with Gasteiger partial charge < -0.3 is 9.84 Å². The molecular formula is C8H14O3. The molecule has 0 atom stereocenters. The molecule has 3 nitrogen and oxygen atoms in total. The molecule has 1 N–H and O–H groups in total. The molecule has 0 bridgehead atoms. The summed E-state index contributed by atoms with van der Waals surface area (Å²) in [6.07, 6.45) is 0.893. The lowest BCUT2D eigenvalue weighted by Crippen LogP contribution is -2.02. The van der Waals surface area contributed by atoms with Gasteiger partial charge in [-0.2, -0.15) is 0 Å². The summed E-state index contributed by atoms with van der Waals surface area (Å²) in [6.45, 7) is 5.76. The average Bonchev–Trinajstić information content (AvgIpc) is 1.98. The summed E-state index contributed by atoms with van der Waals surface area (Å²) in [7, 11) is 0. The van der Waals surface area contributed by atoms with Crippen LogP contribution in [0.25, 0.3) is 0 Å². The Morgan fingerprint density at radius 3 is 2.36 bits per heavy atom. The molecule has 0 rings (SSSR count). The van der Waals surface area contributed by atoms with Gasteiger partial charge in [0, 0.05) is 0 Å². The predicted molar refractivity (Wildman–Crippen MR) is 42.3 cm³/mol. The monoisotopic (exact) mass is 158 g/mol. The number of carboxylic acids is 1. The highest BCUT2D eigenvalue weighted by Gasteiger charge is 2.04. The van der Waals surface area contributed by atoms with Crippen LogP contribution in [0.4, 0.5) is 0 Å². The van der Waals surface area contributed by atoms with Crippen molar-refractivity contribution in [1.82, 2.24) is 0 Å². The molecule has 0 radical (unpaired) electrons. The summed E-state index contributed by atoms with van der Waals surface area (Å²) in [5, 5.41) is 8.51. The maximum atomic E-state index is 10.4. The summed E-state index contributed by atoms with van der Waals surface area (Å²) in [6, 6.07) is 0. The number of hydrogen-bond donors (Lipinski definition) is 1. The second kappa shape index (κ2) is 4.77. The molecule has 0 fully saturated rings. The van der Waals surface area contributed by atoms with Gasteiger partial charge in [-0.15, -0.1) is 0 Å². The average molecular weight is 158 g/mol. The van der Waals surface area contributed by atoms with Gasteiger partial charge in [0.2, 0.25) is 0 Å². The maximum Gasteiger partial charge on any atom is 0.334 e. The Balaban J connectivity index is 4.05. The van der Waals surface area contributed by atoms with Crippen LogP contribution >= 0.6 is 0 Å². The smallest absolute Gasteiger partial charge is 0.334 e. The first-order valence-corrected chi connectivity index (χ1v) is 3.63. The van der Waals surface area contributed by atoms with Crippen molar-refractivity contribution in [2.75, 3.05) is 6.61 Å². The third-order valence-electron chi connectivity index (χ3n) is 1.37. The molecule has 0 saturated heterocycles. The minimum Gasteiger partial charge on any atom is -0.498 e. The van der Waals surface area contributed by atoms with Gasteiger partial charge in [0.1, 0.15) is 5.76 Å². The van der Waals surface area contributed by atoms with Crippen molar-refractivity contribution in [2.45, 2.75) is 27.2 Å². The van der Waals surface area contributed by atoms with E-state index in [9.17, 15) is 4.79 Å². The quantitative estimate of drug-likeness (QED) is 0.501. The molecule has 0 amide bonds. The molecule has 0 heterocycles. The van der Waals surface area contributed by atoms with Gasteiger partial charge in [0.15, 0.2) is 0 Å². The molecule has 64 valence electrons. The molecule has 0 aliphatic carbocycles. The molecule has 0 aliphatic heterocycles. The second-order valence-electron chi connectivity index (χ2n) is 2.33. The third kappa shape index (κ3) is 3.65. The standard InChI is InChI=1S/C8H14O3/c1-4-5-11-7(3)6(2)8(9)10/h4-5H2,1-3H3,(H,9,10)/b7-6+. The molecule has 0 aromatic rings. The Bertz CT molecular complexity index is 170. The predicted octanol–water partition coefficient (Wildman–Crippen LogP) is 1.79. The van der Waals surface area contributed by atoms with Crippen LogP contribution in [-0.2, 0) is 9.53 Å². The lowest BCUT2D eigenvalue weighted by Gasteiger charge is -2.05. The first-order valence-electron chi connectivity index (χ1n) is 3.63. The molecule has 0 aromatic heterocycles. The van der Waals surface area contributed by atoms with Crippen LogP contribution in [0.15, 0.2) is 11.3 Å². The van der Waals surface area contributed by atoms with Gasteiger partial charge in [0.25, 0.3) is 0 Å². The van der Waals surface area contributed by atoms with Gasteiger partial charge in [-0.3, -0.25) is 0 Å². The minimum absolute atomic E-state index is 0.276. The Morgan fingerprint density at radius 1 is 1.45 bits per heavy atom. The van der Waals surface area contributed by atoms with E-state index < -0.39 is 5.97 Å². The van der Waals surface area contributed by atoms with Crippen molar-refractivity contribution in [3.63, 3.8) is 0 Å². The zero-order valence-corrected chi connectivity index (χ0v) is 7.18. The lowest BCUT2D eigenvalue weighted by molar-refractivity contribution is -0.132. The van der Waals surface area contributed by atoms with Crippen molar-refractivity contribution in [3.05, 3.63) is 11.3 Å². The first kappa shape index (κ1) is 10.0. The molecule has 0 spiro atoms. The van der Waals surface area contributed by atoms with Crippen molar-refractivity contribution < 1.29 is 14.6 Å². The number of carboxylic acid groups (broad SMARTS) is 1. The highest BCUT2D eigenvalue weighted by Crippen LogP contribution is 2.04. The fraction of sp³-hybridized carbons (Fsp3) is 0.625. The van der Waals surface area contributed by atoms with Crippen LogP contribution in [0.1, 0.15) is 27.2 Å². The van der Waals surface area contributed by atoms with E-state index in [0.29, 0.717) is 12.4 Å². The summed E-state index contributed by atoms with van der Waals surface area (Å²) in [5.74, 6) is -0.419. The number of hydrogen-bond acceptors (Lipinski definition) is 2. The van der Waals surface area contributed by atoms with Crippen molar-refractivity contribution >= 4 is 5.97 Å². The summed E-state index contributed by atoms with van der Waals surface area (Å²) >= 11 is 0. The van der Waals surface area contributed by atoms with Crippen molar-refractivity contribution in [3.8, 4) is 0 Å². The molecular weight excluding hydrogens is 144 g/mol. The topological polar surface area (TPSA) is 46.5 Å². The van der Waals surface area contributed by atoms with E-state index in [4.69, 9.17) is 9.84 Å². The first-order chi connectivity index (χ1) is 5.09. The number of ether oxygens (including phenoxy) is 1. The van der Waals surface area contributed by atoms with Crippen molar-refractivity contribution in [1.29, 1.82) is 0 Å². The van der Waals surface area contributed by atoms with E-state index in [1.54, 1.807) is 6.92 Å². The zero-order chi connectivity index (χ0) is 8.85. The summed E-state index contributed by atoms with van der Waals surface area (Å²) in [5.41, 5.74) is 0.276. The zero-order valence-electron chi connectivity index (χ0n) is 7.18. The highest BCUT2D eigenvalue weighted by molar-refractivity contribution is 5.86. The summed E-state index contributed by atoms with van der Waals surface area (Å²) in [4.78, 5) is 10.4. The minimum atomic E-state index is -0.918. The Hall–Kier alpha value is -0.990. The lowest BCUT2D eigenvalue weighted by atomic mass is 10.3. The maximum absolute atomic E-state index is 10.4. The Kier molecular flexibility index (Phi) is 4.34. The van der Waals surface area contributed by atoms with E-state index in [-0.39, 0.29) is 5.57 Å². The van der Waals surface area contributed by atoms with Crippen LogP contribution in [-0.4, -0.2) is 17.7 Å². The Morgan fingerprint density at radius 2 is 2.00 bits per heavy atom. The molecule has 11 heavy (non-hydrogen) atoms. The van der Waals surface area contributed by atoms with Gasteiger partial charge in [0.05, 0.1) is 12.2 Å². The van der Waals surface area contributed by atoms with Gasteiger partial charge in [-0.1, -0.05) is 6.92 Å². The van der Waals surface area contributed by atoms with Gasteiger partial charge in [-0.05, 0) is 20.3 Å². The van der Waals surface area contributed by atoms with E-state index >= 15 is 0 Å². The normalized spacial score (nSPS) is 12.3. The molecule has 0 aliphatic rings. The van der Waals surface area contributed by atoms with Crippen LogP contribution in [0, 0.1) is 0 Å². The third-order valence-corrected chi connectivity index (χ3v) is 1.37. The second-order valence-corrected chi connectivity index (χ2v) is 2.33. The highest BCUT2D eigenvalue weighted by atomic mass is 16.5. The van der Waals surface area contributed by atoms with Crippen LogP contribution in [0.2, 0.25) is 0 Å². The largest absolute Gasteiger partial charge is 0.498 e. The van der Waals surface area contributed by atoms with E-state index in [1.165, 1.54) is 6.92 Å². The molecule has 3 heteroatoms. The fourth-order valence-corrected chi connectivity index (χ4v) is 0.514. The van der Waals surface area contributed by atoms with Crippen LogP contribution in [0.5, 0.6) is 0 Å². The van der Waals surface area contributed by atoms with Crippen LogP contribution in [0.3, 0.4) is 0 Å². The number of rotatable bonds is 4. The van der Waals surface area contributed by atoms with E-state index in [2.05, 4.69) is 0 Å². The van der Waals surface area contributed by atoms with E-state index in [0.717, 1.165) is 6.42 Å². The molecule has 0 aromatic carbocycles. The summed E-state index contributed by atoms with van der Waals surface area (Å²) < 4.78 is 5.11. The SMILES string of the molecule is CCCO/C(C)=C(\C)C(=O)O. The van der Waals surface area contributed by atoms with Crippen LogP contribution < -0.4 is 0 Å². The number of aliphatic carboxylic acids is 1. The number of allylic oxidation sites excluding steroid dienone is 1. The van der Waals surface area contributed by atoms with Gasteiger partial charge in [-0.25, -0.2) is 4.79 Å². The Labute approximate surface area is 66.7 Å².